The molecule has 5 nitrogen and oxygen atoms in total. The van der Waals surface area contributed by atoms with Crippen molar-refractivity contribution in [3.05, 3.63) is 29.0 Å². The van der Waals surface area contributed by atoms with Gasteiger partial charge in [-0.2, -0.15) is 0 Å². The van der Waals surface area contributed by atoms with Gasteiger partial charge in [-0.1, -0.05) is 11.6 Å². The van der Waals surface area contributed by atoms with Gasteiger partial charge >= 0.3 is 0 Å². The second-order valence-corrected chi connectivity index (χ2v) is 8.30. The van der Waals surface area contributed by atoms with E-state index in [-0.39, 0.29) is 11.9 Å². The molecule has 3 unspecified atom stereocenters. The molecule has 0 spiro atoms. The lowest BCUT2D eigenvalue weighted by molar-refractivity contribution is -0.136. The molecule has 2 heterocycles. The lowest BCUT2D eigenvalue weighted by Crippen LogP contribution is -2.61. The molecule has 2 aromatic heterocycles. The van der Waals surface area contributed by atoms with Crippen LogP contribution in [0.1, 0.15) is 42.5 Å². The van der Waals surface area contributed by atoms with Crippen molar-refractivity contribution in [2.75, 3.05) is 0 Å². The predicted molar refractivity (Wildman–Crippen MR) is 90.9 cm³/mol. The van der Waals surface area contributed by atoms with Crippen LogP contribution in [-0.2, 0) is 0 Å². The van der Waals surface area contributed by atoms with Crippen LogP contribution in [0.2, 0.25) is 5.02 Å². The topological polar surface area (TPSA) is 78.0 Å². The summed E-state index contributed by atoms with van der Waals surface area (Å²) in [7, 11) is 0. The summed E-state index contributed by atoms with van der Waals surface area (Å²) in [4.78, 5) is 20.1. The van der Waals surface area contributed by atoms with Gasteiger partial charge in [-0.05, 0) is 55.9 Å². The van der Waals surface area contributed by atoms with Crippen LogP contribution in [0, 0.1) is 17.8 Å². The molecule has 1 amide bonds. The second kappa shape index (κ2) is 4.96. The highest BCUT2D eigenvalue weighted by Gasteiger charge is 2.55. The van der Waals surface area contributed by atoms with Crippen molar-refractivity contribution in [2.45, 2.75) is 43.7 Å². The molecule has 126 valence electrons. The first-order valence-electron chi connectivity index (χ1n) is 8.67. The third-order valence-electron chi connectivity index (χ3n) is 6.30. The highest BCUT2D eigenvalue weighted by Crippen LogP contribution is 2.55. The summed E-state index contributed by atoms with van der Waals surface area (Å²) in [5.41, 5.74) is 0.630. The van der Waals surface area contributed by atoms with Crippen LogP contribution >= 0.6 is 11.6 Å². The van der Waals surface area contributed by atoms with Crippen LogP contribution in [0.4, 0.5) is 0 Å². The zero-order valence-corrected chi connectivity index (χ0v) is 14.0. The van der Waals surface area contributed by atoms with Gasteiger partial charge in [-0.15, -0.1) is 0 Å². The van der Waals surface area contributed by atoms with Gasteiger partial charge < -0.3 is 15.4 Å². The summed E-state index contributed by atoms with van der Waals surface area (Å²) in [5.74, 6) is 1.24. The minimum atomic E-state index is -0.485. The quantitative estimate of drug-likeness (QED) is 0.783. The first-order chi connectivity index (χ1) is 11.5. The Balaban J connectivity index is 1.41. The van der Waals surface area contributed by atoms with Crippen LogP contribution in [0.15, 0.2) is 18.5 Å². The average Bonchev–Trinajstić information content (AvgIpc) is 2.99. The second-order valence-electron chi connectivity index (χ2n) is 7.92. The van der Waals surface area contributed by atoms with E-state index in [0.717, 1.165) is 37.5 Å². The van der Waals surface area contributed by atoms with Gasteiger partial charge in [0, 0.05) is 23.8 Å². The van der Waals surface area contributed by atoms with Gasteiger partial charge in [-0.25, -0.2) is 4.98 Å². The van der Waals surface area contributed by atoms with E-state index in [1.165, 1.54) is 0 Å². The number of H-pyrrole nitrogens is 1. The number of fused-ring (bicyclic) bond motifs is 1. The van der Waals surface area contributed by atoms with Crippen LogP contribution in [0.25, 0.3) is 11.0 Å². The Morgan fingerprint density at radius 3 is 2.79 bits per heavy atom. The Morgan fingerprint density at radius 1 is 1.33 bits per heavy atom. The largest absolute Gasteiger partial charge is 0.390 e. The maximum atomic E-state index is 12.8. The number of carbonyl (C=O) groups is 1. The molecule has 4 saturated carbocycles. The number of carbonyl (C=O) groups excluding carboxylic acids is 1. The van der Waals surface area contributed by atoms with E-state index >= 15 is 0 Å². The first kappa shape index (κ1) is 14.7. The fraction of sp³-hybridized carbons (Fsp3) is 0.556. The van der Waals surface area contributed by atoms with E-state index < -0.39 is 5.60 Å². The van der Waals surface area contributed by atoms with Crippen molar-refractivity contribution in [1.29, 1.82) is 0 Å². The van der Waals surface area contributed by atoms with Gasteiger partial charge in [0.25, 0.3) is 5.91 Å². The molecular formula is C18H20ClN3O2. The van der Waals surface area contributed by atoms with Crippen molar-refractivity contribution in [3.63, 3.8) is 0 Å². The van der Waals surface area contributed by atoms with Gasteiger partial charge in [0.15, 0.2) is 0 Å². The number of aromatic nitrogens is 2. The zero-order chi connectivity index (χ0) is 16.5. The van der Waals surface area contributed by atoms with E-state index in [2.05, 4.69) is 15.3 Å². The minimum Gasteiger partial charge on any atom is -0.390 e. The summed E-state index contributed by atoms with van der Waals surface area (Å²) < 4.78 is 0. The minimum absolute atomic E-state index is 0.146. The van der Waals surface area contributed by atoms with Crippen LogP contribution in [0.3, 0.4) is 0 Å². The summed E-state index contributed by atoms with van der Waals surface area (Å²) >= 11 is 6.41. The Kier molecular flexibility index (Phi) is 3.04. The smallest absolute Gasteiger partial charge is 0.254 e. The lowest BCUT2D eigenvalue weighted by atomic mass is 9.52. The van der Waals surface area contributed by atoms with Crippen LogP contribution in [0.5, 0.6) is 0 Å². The summed E-state index contributed by atoms with van der Waals surface area (Å²) in [6, 6.07) is 1.98. The molecule has 2 aromatic rings. The molecule has 4 aliphatic rings. The highest BCUT2D eigenvalue weighted by molar-refractivity contribution is 6.38. The SMILES string of the molecule is O=C(NC1[C@@H]2CC3C[C@H]1CC(O)(C3)C2)c1cnc2[nH]ccc2c1Cl. The van der Waals surface area contributed by atoms with E-state index in [0.29, 0.717) is 34.0 Å². The third-order valence-corrected chi connectivity index (χ3v) is 6.71. The molecule has 0 saturated heterocycles. The Bertz CT molecular complexity index is 817. The Hall–Kier alpha value is -1.59. The lowest BCUT2D eigenvalue weighted by Gasteiger charge is -2.58. The summed E-state index contributed by atoms with van der Waals surface area (Å²) in [5, 5.41) is 15.1. The monoisotopic (exact) mass is 345 g/mol. The molecular weight excluding hydrogens is 326 g/mol. The molecule has 4 bridgehead atoms. The van der Waals surface area contributed by atoms with E-state index in [1.807, 2.05) is 6.07 Å². The molecule has 3 N–H and O–H groups in total. The molecule has 0 radical (unpaired) electrons. The predicted octanol–water partition coefficient (Wildman–Crippen LogP) is 2.89. The van der Waals surface area contributed by atoms with Crippen molar-refractivity contribution in [2.24, 2.45) is 17.8 Å². The maximum absolute atomic E-state index is 12.8. The normalized spacial score (nSPS) is 37.1. The Morgan fingerprint density at radius 2 is 2.08 bits per heavy atom. The number of pyridine rings is 1. The standard InChI is InChI=1S/C18H20ClN3O2/c19-14-12-1-2-20-16(12)21-8-13(14)17(23)22-15-10-3-9-4-11(15)7-18(24,5-9)6-10/h1-2,8-11,15,24H,3-7H2,(H,20,21)(H,22,23)/t9?,10-,11+,15?,18?. The number of nitrogens with zero attached hydrogens (tertiary/aromatic N) is 1. The summed E-state index contributed by atoms with van der Waals surface area (Å²) in [6.45, 7) is 0. The third kappa shape index (κ3) is 2.11. The van der Waals surface area contributed by atoms with Gasteiger partial charge in [-0.3, -0.25) is 4.79 Å². The zero-order valence-electron chi connectivity index (χ0n) is 13.3. The Labute approximate surface area is 144 Å². The molecule has 6 rings (SSSR count). The van der Waals surface area contributed by atoms with E-state index in [9.17, 15) is 9.90 Å². The van der Waals surface area contributed by atoms with Gasteiger partial charge in [0.2, 0.25) is 0 Å². The van der Waals surface area contributed by atoms with Crippen molar-refractivity contribution in [1.82, 2.24) is 15.3 Å². The number of hydrogen-bond donors (Lipinski definition) is 3. The fourth-order valence-corrected chi connectivity index (χ4v) is 5.87. The molecule has 24 heavy (non-hydrogen) atoms. The van der Waals surface area contributed by atoms with Crippen molar-refractivity contribution >= 4 is 28.5 Å². The van der Waals surface area contributed by atoms with Gasteiger partial charge in [0.05, 0.1) is 16.2 Å². The van der Waals surface area contributed by atoms with Crippen molar-refractivity contribution in [3.8, 4) is 0 Å². The van der Waals surface area contributed by atoms with E-state index in [1.54, 1.807) is 12.4 Å². The number of halogens is 1. The average molecular weight is 346 g/mol. The number of amides is 1. The molecule has 6 heteroatoms. The van der Waals surface area contributed by atoms with E-state index in [4.69, 9.17) is 11.6 Å². The number of hydrogen-bond acceptors (Lipinski definition) is 3. The molecule has 4 aliphatic carbocycles. The van der Waals surface area contributed by atoms with Crippen molar-refractivity contribution < 1.29 is 9.90 Å². The number of aliphatic hydroxyl groups is 1. The number of rotatable bonds is 2. The molecule has 0 aromatic carbocycles. The number of nitrogens with one attached hydrogen (secondary N) is 2. The van der Waals surface area contributed by atoms with Crippen LogP contribution in [-0.4, -0.2) is 32.6 Å². The maximum Gasteiger partial charge on any atom is 0.254 e. The summed E-state index contributed by atoms with van der Waals surface area (Å²) in [6.07, 6.45) is 8.12. The molecule has 0 aliphatic heterocycles. The molecule has 5 atom stereocenters. The molecule has 4 fully saturated rings. The fourth-order valence-electron chi connectivity index (χ4n) is 5.58. The number of aromatic amines is 1. The highest BCUT2D eigenvalue weighted by atomic mass is 35.5. The van der Waals surface area contributed by atoms with Gasteiger partial charge in [0.1, 0.15) is 5.65 Å². The van der Waals surface area contributed by atoms with Crippen LogP contribution < -0.4 is 5.32 Å². The first-order valence-corrected chi connectivity index (χ1v) is 9.05.